The van der Waals surface area contributed by atoms with Gasteiger partial charge in [-0.3, -0.25) is 14.9 Å². The van der Waals surface area contributed by atoms with Crippen LogP contribution in [0.1, 0.15) is 5.56 Å². The summed E-state index contributed by atoms with van der Waals surface area (Å²) in [6, 6.07) is 6.96. The Morgan fingerprint density at radius 3 is 2.48 bits per heavy atom. The molecule has 1 atom stereocenters. The second-order valence-electron chi connectivity index (χ2n) is 4.00. The number of nitro groups is 1. The summed E-state index contributed by atoms with van der Waals surface area (Å²) in [5.41, 5.74) is 5.28. The molecule has 2 N–H and O–H groups in total. The second-order valence-corrected chi connectivity index (χ2v) is 4.00. The van der Waals surface area contributed by atoms with Gasteiger partial charge in [-0.2, -0.15) is 0 Å². The third kappa shape index (κ3) is 4.98. The van der Waals surface area contributed by atoms with E-state index in [0.29, 0.717) is 5.56 Å². The minimum Gasteiger partial charge on any atom is -0.459 e. The number of ketones is 1. The molecule has 0 aliphatic rings. The van der Waals surface area contributed by atoms with Crippen molar-refractivity contribution in [1.29, 1.82) is 0 Å². The van der Waals surface area contributed by atoms with E-state index in [2.05, 4.69) is 0 Å². The van der Waals surface area contributed by atoms with Crippen LogP contribution in [0.2, 0.25) is 0 Å². The normalized spacial score (nSPS) is 11.1. The van der Waals surface area contributed by atoms with Gasteiger partial charge in [0, 0.05) is 4.92 Å². The third-order valence-electron chi connectivity index (χ3n) is 2.47. The van der Waals surface area contributed by atoms with Gasteiger partial charge in [-0.1, -0.05) is 30.3 Å². The van der Waals surface area contributed by atoms with Crippen molar-refractivity contribution in [2.24, 2.45) is 5.73 Å². The number of Topliss-reactive ketones (excluding diaryl/α,β-unsaturated/α-hetero) is 1. The standard InChI is InChI=1S/C13H12N2O6/c14-12(10(7-16)11(17)6-15(19)20)13(18)21-8-9-4-2-1-3-5-9/h1-5,12H,6,8,14H2. The molecular formula is C13H12N2O6. The minimum atomic E-state index is -1.70. The van der Waals surface area contributed by atoms with Crippen LogP contribution in [0.4, 0.5) is 0 Å². The molecule has 0 spiro atoms. The number of esters is 1. The Bertz CT molecular complexity index is 592. The topological polar surface area (TPSA) is 130 Å². The summed E-state index contributed by atoms with van der Waals surface area (Å²) in [6.45, 7) is -1.23. The van der Waals surface area contributed by atoms with E-state index in [4.69, 9.17) is 10.5 Å². The van der Waals surface area contributed by atoms with Gasteiger partial charge in [0.25, 0.3) is 6.54 Å². The summed E-state index contributed by atoms with van der Waals surface area (Å²) in [5, 5.41) is 10.2. The predicted octanol–water partition coefficient (Wildman–Crippen LogP) is -0.339. The first kappa shape index (κ1) is 16.2. The SMILES string of the molecule is NC(C(=O)OCc1ccccc1)C(=C=O)C(=O)C[N+](=O)[O-]. The Hall–Kier alpha value is -2.83. The van der Waals surface area contributed by atoms with E-state index in [1.165, 1.54) is 5.94 Å². The number of nitrogens with zero attached hydrogens (tertiary/aromatic N) is 1. The lowest BCUT2D eigenvalue weighted by molar-refractivity contribution is -0.466. The first-order valence-electron chi connectivity index (χ1n) is 5.82. The van der Waals surface area contributed by atoms with Crippen LogP contribution < -0.4 is 5.73 Å². The molecule has 8 nitrogen and oxygen atoms in total. The number of hydrogen-bond acceptors (Lipinski definition) is 7. The first-order valence-corrected chi connectivity index (χ1v) is 5.82. The summed E-state index contributed by atoms with van der Waals surface area (Å²) in [4.78, 5) is 43.0. The minimum absolute atomic E-state index is 0.0943. The number of hydrogen-bond donors (Lipinski definition) is 1. The highest BCUT2D eigenvalue weighted by molar-refractivity contribution is 6.08. The van der Waals surface area contributed by atoms with Gasteiger partial charge in [0.05, 0.1) is 0 Å². The maximum atomic E-state index is 11.6. The lowest BCUT2D eigenvalue weighted by Gasteiger charge is -2.10. The van der Waals surface area contributed by atoms with Crippen LogP contribution in [-0.4, -0.2) is 35.2 Å². The van der Waals surface area contributed by atoms with Crippen LogP contribution in [0.25, 0.3) is 0 Å². The maximum Gasteiger partial charge on any atom is 0.328 e. The molecule has 1 aromatic rings. The van der Waals surface area contributed by atoms with Gasteiger partial charge in [-0.15, -0.1) is 0 Å². The quantitative estimate of drug-likeness (QED) is 0.239. The van der Waals surface area contributed by atoms with Crippen LogP contribution in [0.15, 0.2) is 35.9 Å². The van der Waals surface area contributed by atoms with Gasteiger partial charge in [-0.25, -0.2) is 9.59 Å². The van der Waals surface area contributed by atoms with E-state index in [1.54, 1.807) is 30.3 Å². The second kappa shape index (κ2) is 7.68. The summed E-state index contributed by atoms with van der Waals surface area (Å²) in [6.07, 6.45) is 0. The molecule has 0 radical (unpaired) electrons. The Morgan fingerprint density at radius 1 is 1.33 bits per heavy atom. The number of carbonyl (C=O) groups is 2. The van der Waals surface area contributed by atoms with Crippen LogP contribution >= 0.6 is 0 Å². The van der Waals surface area contributed by atoms with Gasteiger partial charge in [0.15, 0.2) is 0 Å². The highest BCUT2D eigenvalue weighted by atomic mass is 16.6. The van der Waals surface area contributed by atoms with E-state index in [1.807, 2.05) is 0 Å². The highest BCUT2D eigenvalue weighted by Crippen LogP contribution is 2.05. The Kier molecular flexibility index (Phi) is 5.94. The molecule has 8 heteroatoms. The first-order chi connectivity index (χ1) is 9.95. The Morgan fingerprint density at radius 2 is 1.95 bits per heavy atom. The average Bonchev–Trinajstić information content (AvgIpc) is 2.45. The smallest absolute Gasteiger partial charge is 0.328 e. The molecule has 0 amide bonds. The third-order valence-corrected chi connectivity index (χ3v) is 2.47. The van der Waals surface area contributed by atoms with Gasteiger partial charge < -0.3 is 10.5 Å². The number of benzene rings is 1. The van der Waals surface area contributed by atoms with E-state index in [-0.39, 0.29) is 6.61 Å². The van der Waals surface area contributed by atoms with E-state index >= 15 is 0 Å². The Labute approximate surface area is 119 Å². The van der Waals surface area contributed by atoms with Crippen molar-refractivity contribution in [2.75, 3.05) is 6.54 Å². The molecule has 0 heterocycles. The van der Waals surface area contributed by atoms with Crippen molar-refractivity contribution in [2.45, 2.75) is 12.6 Å². The van der Waals surface area contributed by atoms with Crippen LogP contribution in [0.3, 0.4) is 0 Å². The molecule has 1 aromatic carbocycles. The molecule has 0 saturated heterocycles. The zero-order valence-electron chi connectivity index (χ0n) is 10.9. The molecule has 0 aromatic heterocycles. The lowest BCUT2D eigenvalue weighted by Crippen LogP contribution is -2.38. The van der Waals surface area contributed by atoms with E-state index in [0.717, 1.165) is 0 Å². The van der Waals surface area contributed by atoms with E-state index in [9.17, 15) is 24.5 Å². The zero-order valence-corrected chi connectivity index (χ0v) is 10.9. The molecule has 0 fully saturated rings. The van der Waals surface area contributed by atoms with Crippen molar-refractivity contribution in [3.8, 4) is 0 Å². The van der Waals surface area contributed by atoms with Gasteiger partial charge in [-0.05, 0) is 5.56 Å². The largest absolute Gasteiger partial charge is 0.459 e. The fourth-order valence-electron chi connectivity index (χ4n) is 1.43. The molecule has 110 valence electrons. The summed E-state index contributed by atoms with van der Waals surface area (Å²) in [5.74, 6) is -1.03. The van der Waals surface area contributed by atoms with Gasteiger partial charge in [0.2, 0.25) is 5.78 Å². The van der Waals surface area contributed by atoms with Crippen molar-refractivity contribution in [3.63, 3.8) is 0 Å². The van der Waals surface area contributed by atoms with Crippen LogP contribution in [-0.2, 0) is 25.7 Å². The van der Waals surface area contributed by atoms with E-state index < -0.39 is 34.8 Å². The number of nitrogens with two attached hydrogens (primary N) is 1. The Balaban J connectivity index is 2.66. The highest BCUT2D eigenvalue weighted by Gasteiger charge is 2.29. The predicted molar refractivity (Wildman–Crippen MR) is 70.3 cm³/mol. The molecule has 1 rings (SSSR count). The molecule has 1 unspecified atom stereocenters. The molecular weight excluding hydrogens is 280 g/mol. The van der Waals surface area contributed by atoms with Crippen molar-refractivity contribution < 1.29 is 24.0 Å². The van der Waals surface area contributed by atoms with Gasteiger partial charge >= 0.3 is 5.97 Å². The lowest BCUT2D eigenvalue weighted by atomic mass is 10.1. The van der Waals surface area contributed by atoms with Gasteiger partial charge in [0.1, 0.15) is 24.2 Å². The average molecular weight is 292 g/mol. The fraction of sp³-hybridized carbons (Fsp3) is 0.231. The molecule has 0 bridgehead atoms. The van der Waals surface area contributed by atoms with Crippen LogP contribution in [0, 0.1) is 10.1 Å². The van der Waals surface area contributed by atoms with Crippen molar-refractivity contribution in [3.05, 3.63) is 51.6 Å². The zero-order chi connectivity index (χ0) is 15.8. The van der Waals surface area contributed by atoms with Crippen LogP contribution in [0.5, 0.6) is 0 Å². The molecule has 21 heavy (non-hydrogen) atoms. The maximum absolute atomic E-state index is 11.6. The molecule has 0 saturated carbocycles. The summed E-state index contributed by atoms with van der Waals surface area (Å²) in [7, 11) is 0. The molecule has 0 aliphatic heterocycles. The number of carbonyl (C=O) groups excluding carboxylic acids is 3. The summed E-state index contributed by atoms with van der Waals surface area (Å²) >= 11 is 0. The van der Waals surface area contributed by atoms with Crippen molar-refractivity contribution >= 4 is 17.7 Å². The summed E-state index contributed by atoms with van der Waals surface area (Å²) < 4.78 is 4.84. The monoisotopic (exact) mass is 292 g/mol. The fourth-order valence-corrected chi connectivity index (χ4v) is 1.43. The number of ether oxygens (including phenoxy) is 1. The molecule has 0 aliphatic carbocycles. The van der Waals surface area contributed by atoms with Crippen molar-refractivity contribution in [1.82, 2.24) is 0 Å². The number of rotatable bonds is 7.